The van der Waals surface area contributed by atoms with Crippen molar-refractivity contribution in [2.75, 3.05) is 0 Å². The fourth-order valence-electron chi connectivity index (χ4n) is 1.26. The summed E-state index contributed by atoms with van der Waals surface area (Å²) in [4.78, 5) is 0. The first-order valence-corrected chi connectivity index (χ1v) is 4.65. The third-order valence-corrected chi connectivity index (χ3v) is 1.98. The van der Waals surface area contributed by atoms with Crippen LogP contribution in [0.4, 0.5) is 0 Å². The third-order valence-electron chi connectivity index (χ3n) is 1.98. The molecule has 0 aliphatic carbocycles. The van der Waals surface area contributed by atoms with Crippen LogP contribution < -0.4 is 0 Å². The van der Waals surface area contributed by atoms with Crippen LogP contribution in [-0.2, 0) is 6.42 Å². The van der Waals surface area contributed by atoms with Gasteiger partial charge in [-0.1, -0.05) is 32.4 Å². The summed E-state index contributed by atoms with van der Waals surface area (Å²) in [5.41, 5.74) is 2.34. The van der Waals surface area contributed by atoms with Gasteiger partial charge in [0.2, 0.25) is 0 Å². The van der Waals surface area contributed by atoms with Crippen LogP contribution in [-0.4, -0.2) is 15.4 Å². The van der Waals surface area contributed by atoms with Crippen LogP contribution in [0.1, 0.15) is 50.9 Å². The van der Waals surface area contributed by atoms with E-state index in [2.05, 4.69) is 36.2 Å². The van der Waals surface area contributed by atoms with Gasteiger partial charge >= 0.3 is 0 Å². The minimum atomic E-state index is 0.482. The highest BCUT2D eigenvalue weighted by Crippen LogP contribution is 2.15. The number of aromatic nitrogens is 3. The van der Waals surface area contributed by atoms with E-state index in [0.717, 1.165) is 12.1 Å². The summed E-state index contributed by atoms with van der Waals surface area (Å²) >= 11 is 0. The molecule has 0 fully saturated rings. The number of unbranched alkanes of at least 4 members (excludes halogenated alkanes) is 1. The van der Waals surface area contributed by atoms with E-state index in [4.69, 9.17) is 0 Å². The Labute approximate surface area is 73.6 Å². The normalized spacial score (nSPS) is 11.0. The Balaban J connectivity index is 2.64. The standard InChI is InChI=1S/C9H17N3/c1-4-5-6-8-9(7(2)3)11-12-10-8/h7H,4-6H2,1-3H3,(H,10,11,12). The lowest BCUT2D eigenvalue weighted by Crippen LogP contribution is -1.95. The zero-order valence-corrected chi connectivity index (χ0v) is 8.09. The van der Waals surface area contributed by atoms with Gasteiger partial charge in [-0.05, 0) is 18.8 Å². The van der Waals surface area contributed by atoms with Gasteiger partial charge in [0, 0.05) is 0 Å². The highest BCUT2D eigenvalue weighted by atomic mass is 15.3. The topological polar surface area (TPSA) is 41.6 Å². The number of rotatable bonds is 4. The Morgan fingerprint density at radius 3 is 2.75 bits per heavy atom. The molecule has 0 unspecified atom stereocenters. The lowest BCUT2D eigenvalue weighted by molar-refractivity contribution is 0.747. The Morgan fingerprint density at radius 1 is 1.42 bits per heavy atom. The maximum Gasteiger partial charge on any atom is 0.0881 e. The average Bonchev–Trinajstić information content (AvgIpc) is 2.48. The van der Waals surface area contributed by atoms with Crippen LogP contribution in [0.3, 0.4) is 0 Å². The number of aryl methyl sites for hydroxylation is 1. The summed E-state index contributed by atoms with van der Waals surface area (Å²) in [6.45, 7) is 6.49. The molecule has 1 aromatic heterocycles. The summed E-state index contributed by atoms with van der Waals surface area (Å²) in [6, 6.07) is 0. The first-order chi connectivity index (χ1) is 5.75. The monoisotopic (exact) mass is 167 g/mol. The van der Waals surface area contributed by atoms with Crippen LogP contribution in [0.15, 0.2) is 0 Å². The number of nitrogens with zero attached hydrogens (tertiary/aromatic N) is 2. The molecule has 1 N–H and O–H groups in total. The number of H-pyrrole nitrogens is 1. The van der Waals surface area contributed by atoms with Crippen LogP contribution in [0.5, 0.6) is 0 Å². The minimum Gasteiger partial charge on any atom is -0.262 e. The first-order valence-electron chi connectivity index (χ1n) is 4.65. The van der Waals surface area contributed by atoms with Crippen molar-refractivity contribution >= 4 is 0 Å². The number of aromatic amines is 1. The average molecular weight is 167 g/mol. The van der Waals surface area contributed by atoms with Crippen molar-refractivity contribution in [3.05, 3.63) is 11.4 Å². The second-order valence-corrected chi connectivity index (χ2v) is 3.43. The number of hydrogen-bond donors (Lipinski definition) is 1. The van der Waals surface area contributed by atoms with Crippen molar-refractivity contribution in [2.45, 2.75) is 46.0 Å². The summed E-state index contributed by atoms with van der Waals surface area (Å²) in [7, 11) is 0. The zero-order valence-electron chi connectivity index (χ0n) is 8.09. The molecule has 0 atom stereocenters. The van der Waals surface area contributed by atoms with Crippen molar-refractivity contribution in [1.82, 2.24) is 15.4 Å². The molecule has 3 heteroatoms. The van der Waals surface area contributed by atoms with Gasteiger partial charge in [0.25, 0.3) is 0 Å². The Hall–Kier alpha value is -0.860. The van der Waals surface area contributed by atoms with Crippen LogP contribution in [0.25, 0.3) is 0 Å². The Bertz CT molecular complexity index is 227. The van der Waals surface area contributed by atoms with Gasteiger partial charge in [-0.2, -0.15) is 0 Å². The Morgan fingerprint density at radius 2 is 2.17 bits per heavy atom. The summed E-state index contributed by atoms with van der Waals surface area (Å²) in [5.74, 6) is 0.482. The zero-order chi connectivity index (χ0) is 8.97. The molecule has 0 spiro atoms. The predicted octanol–water partition coefficient (Wildman–Crippen LogP) is 2.27. The van der Waals surface area contributed by atoms with E-state index in [-0.39, 0.29) is 0 Å². The molecule has 0 saturated heterocycles. The fourth-order valence-corrected chi connectivity index (χ4v) is 1.26. The molecule has 0 aliphatic heterocycles. The van der Waals surface area contributed by atoms with Crippen LogP contribution in [0.2, 0.25) is 0 Å². The second-order valence-electron chi connectivity index (χ2n) is 3.43. The lowest BCUT2D eigenvalue weighted by Gasteiger charge is -2.02. The minimum absolute atomic E-state index is 0.482. The molecule has 3 nitrogen and oxygen atoms in total. The molecule has 0 aromatic carbocycles. The van der Waals surface area contributed by atoms with Gasteiger partial charge in [-0.15, -0.1) is 5.10 Å². The molecular formula is C9H17N3. The summed E-state index contributed by atoms with van der Waals surface area (Å²) in [6.07, 6.45) is 3.51. The largest absolute Gasteiger partial charge is 0.262 e. The van der Waals surface area contributed by atoms with Crippen molar-refractivity contribution in [1.29, 1.82) is 0 Å². The molecule has 0 radical (unpaired) electrons. The lowest BCUT2D eigenvalue weighted by atomic mass is 10.1. The maximum atomic E-state index is 4.06. The van der Waals surface area contributed by atoms with Gasteiger partial charge in [-0.3, -0.25) is 5.10 Å². The maximum absolute atomic E-state index is 4.06. The van der Waals surface area contributed by atoms with E-state index < -0.39 is 0 Å². The van der Waals surface area contributed by atoms with Crippen molar-refractivity contribution in [3.8, 4) is 0 Å². The highest BCUT2D eigenvalue weighted by molar-refractivity contribution is 5.12. The number of nitrogens with one attached hydrogen (secondary N) is 1. The van der Waals surface area contributed by atoms with Crippen molar-refractivity contribution < 1.29 is 0 Å². The molecule has 0 saturated carbocycles. The molecule has 0 amide bonds. The van der Waals surface area contributed by atoms with Gasteiger partial charge in [-0.25, -0.2) is 0 Å². The van der Waals surface area contributed by atoms with Crippen LogP contribution in [0, 0.1) is 0 Å². The summed E-state index contributed by atoms with van der Waals surface area (Å²) < 4.78 is 0. The number of hydrogen-bond acceptors (Lipinski definition) is 2. The second kappa shape index (κ2) is 4.24. The summed E-state index contributed by atoms with van der Waals surface area (Å²) in [5, 5.41) is 10.8. The van der Waals surface area contributed by atoms with E-state index >= 15 is 0 Å². The van der Waals surface area contributed by atoms with E-state index in [1.54, 1.807) is 0 Å². The van der Waals surface area contributed by atoms with E-state index in [9.17, 15) is 0 Å². The molecule has 12 heavy (non-hydrogen) atoms. The van der Waals surface area contributed by atoms with Gasteiger partial charge < -0.3 is 0 Å². The molecule has 0 bridgehead atoms. The SMILES string of the molecule is CCCCc1[nH]nnc1C(C)C. The molecule has 1 heterocycles. The van der Waals surface area contributed by atoms with E-state index in [1.807, 2.05) is 0 Å². The smallest absolute Gasteiger partial charge is 0.0881 e. The van der Waals surface area contributed by atoms with Crippen molar-refractivity contribution in [2.24, 2.45) is 0 Å². The molecule has 1 aromatic rings. The molecular weight excluding hydrogens is 150 g/mol. The predicted molar refractivity (Wildman–Crippen MR) is 49.1 cm³/mol. The quantitative estimate of drug-likeness (QED) is 0.747. The molecule has 1 rings (SSSR count). The third kappa shape index (κ3) is 2.06. The molecule has 68 valence electrons. The van der Waals surface area contributed by atoms with E-state index in [1.165, 1.54) is 18.5 Å². The highest BCUT2D eigenvalue weighted by Gasteiger charge is 2.09. The first kappa shape index (κ1) is 9.23. The van der Waals surface area contributed by atoms with Crippen molar-refractivity contribution in [3.63, 3.8) is 0 Å². The van der Waals surface area contributed by atoms with Gasteiger partial charge in [0.15, 0.2) is 0 Å². The fraction of sp³-hybridized carbons (Fsp3) is 0.778. The van der Waals surface area contributed by atoms with Gasteiger partial charge in [0.05, 0.1) is 11.4 Å². The molecule has 0 aliphatic rings. The van der Waals surface area contributed by atoms with Gasteiger partial charge in [0.1, 0.15) is 0 Å². The van der Waals surface area contributed by atoms with E-state index in [0.29, 0.717) is 5.92 Å². The Kier molecular flexibility index (Phi) is 3.26. The van der Waals surface area contributed by atoms with Crippen LogP contribution >= 0.6 is 0 Å².